The molecule has 2 aromatic rings. The summed E-state index contributed by atoms with van der Waals surface area (Å²) in [5.41, 5.74) is 3.74. The number of aromatic amines is 1. The number of likely N-dealkylation sites (N-methyl/N-ethyl adjacent to an activating group) is 1. The minimum Gasteiger partial charge on any atom is -0.361 e. The van der Waals surface area contributed by atoms with Crippen molar-refractivity contribution in [3.8, 4) is 0 Å². The van der Waals surface area contributed by atoms with Crippen LogP contribution in [0, 0.1) is 6.92 Å². The maximum absolute atomic E-state index is 11.7. The van der Waals surface area contributed by atoms with Crippen molar-refractivity contribution < 1.29 is 4.79 Å². The molecule has 1 amide bonds. The van der Waals surface area contributed by atoms with E-state index >= 15 is 0 Å². The summed E-state index contributed by atoms with van der Waals surface area (Å²) >= 11 is 0. The topological polar surface area (TPSA) is 72.5 Å². The highest BCUT2D eigenvalue weighted by Gasteiger charge is 2.07. The van der Waals surface area contributed by atoms with Crippen molar-refractivity contribution in [2.24, 2.45) is 4.99 Å². The molecule has 1 aromatic heterocycles. The van der Waals surface area contributed by atoms with Gasteiger partial charge in [-0.05, 0) is 37.5 Å². The summed E-state index contributed by atoms with van der Waals surface area (Å²) in [6, 6.07) is 6.29. The number of carbonyl (C=O) groups is 1. The number of aromatic nitrogens is 1. The average molecular weight is 457 g/mol. The summed E-state index contributed by atoms with van der Waals surface area (Å²) in [6.07, 6.45) is 2.95. The van der Waals surface area contributed by atoms with Crippen molar-refractivity contribution in [3.63, 3.8) is 0 Å². The Morgan fingerprint density at radius 3 is 2.72 bits per heavy atom. The van der Waals surface area contributed by atoms with Crippen LogP contribution in [-0.4, -0.2) is 55.5 Å². The predicted molar refractivity (Wildman–Crippen MR) is 115 cm³/mol. The summed E-state index contributed by atoms with van der Waals surface area (Å²) in [5, 5.41) is 7.75. The number of amides is 1. The zero-order valence-electron chi connectivity index (χ0n) is 15.3. The second kappa shape index (κ2) is 10.3. The smallest absolute Gasteiger partial charge is 0.243 e. The summed E-state index contributed by atoms with van der Waals surface area (Å²) in [6.45, 7) is 5.80. The number of halogens is 1. The number of fused-ring (bicyclic) bond motifs is 1. The zero-order chi connectivity index (χ0) is 17.5. The van der Waals surface area contributed by atoms with E-state index in [1.807, 2.05) is 6.92 Å². The van der Waals surface area contributed by atoms with Gasteiger partial charge in [0.05, 0.1) is 0 Å². The molecule has 7 heteroatoms. The first-order valence-corrected chi connectivity index (χ1v) is 8.30. The van der Waals surface area contributed by atoms with Gasteiger partial charge >= 0.3 is 0 Å². The third kappa shape index (κ3) is 5.91. The number of aliphatic imine (C=N–C) groups is 1. The Labute approximate surface area is 166 Å². The Morgan fingerprint density at radius 1 is 1.28 bits per heavy atom. The van der Waals surface area contributed by atoms with Crippen molar-refractivity contribution in [2.75, 3.05) is 33.7 Å². The van der Waals surface area contributed by atoms with Gasteiger partial charge < -0.3 is 20.5 Å². The van der Waals surface area contributed by atoms with Gasteiger partial charge in [-0.1, -0.05) is 12.1 Å². The first-order valence-electron chi connectivity index (χ1n) is 8.30. The first kappa shape index (κ1) is 21.3. The first-order chi connectivity index (χ1) is 11.5. The minimum absolute atomic E-state index is 0. The fourth-order valence-electron chi connectivity index (χ4n) is 2.59. The molecule has 138 valence electrons. The largest absolute Gasteiger partial charge is 0.361 e. The van der Waals surface area contributed by atoms with E-state index in [9.17, 15) is 4.79 Å². The van der Waals surface area contributed by atoms with Gasteiger partial charge in [-0.25, -0.2) is 4.99 Å². The van der Waals surface area contributed by atoms with Crippen LogP contribution in [0.3, 0.4) is 0 Å². The summed E-state index contributed by atoms with van der Waals surface area (Å²) in [4.78, 5) is 20.8. The number of H-pyrrole nitrogens is 1. The lowest BCUT2D eigenvalue weighted by Gasteiger charge is -2.12. The maximum Gasteiger partial charge on any atom is 0.243 e. The quantitative estimate of drug-likeness (QED) is 0.354. The van der Waals surface area contributed by atoms with Crippen molar-refractivity contribution in [3.05, 3.63) is 35.5 Å². The molecule has 0 radical (unpaired) electrons. The Balaban J connectivity index is 0.00000312. The molecular formula is C18H28IN5O. The van der Waals surface area contributed by atoms with Crippen LogP contribution < -0.4 is 10.6 Å². The summed E-state index contributed by atoms with van der Waals surface area (Å²) in [7, 11) is 3.47. The second-order valence-corrected chi connectivity index (χ2v) is 5.97. The molecule has 0 atom stereocenters. The highest BCUT2D eigenvalue weighted by atomic mass is 127. The Morgan fingerprint density at radius 2 is 2.04 bits per heavy atom. The van der Waals surface area contributed by atoms with Crippen LogP contribution in [0.5, 0.6) is 0 Å². The van der Waals surface area contributed by atoms with Crippen LogP contribution in [-0.2, 0) is 11.2 Å². The normalized spacial score (nSPS) is 11.1. The molecule has 0 aliphatic heterocycles. The number of carbonyl (C=O) groups excluding carboxylic acids is 1. The van der Waals surface area contributed by atoms with Crippen LogP contribution in [0.2, 0.25) is 0 Å². The molecular weight excluding hydrogens is 429 g/mol. The van der Waals surface area contributed by atoms with Crippen LogP contribution >= 0.6 is 24.0 Å². The number of hydrogen-bond donors (Lipinski definition) is 3. The lowest BCUT2D eigenvalue weighted by molar-refractivity contribution is -0.127. The van der Waals surface area contributed by atoms with E-state index in [2.05, 4.69) is 51.9 Å². The van der Waals surface area contributed by atoms with Gasteiger partial charge in [0, 0.05) is 44.3 Å². The van der Waals surface area contributed by atoms with E-state index < -0.39 is 0 Å². The van der Waals surface area contributed by atoms with Gasteiger partial charge in [0.15, 0.2) is 5.96 Å². The van der Waals surface area contributed by atoms with E-state index in [-0.39, 0.29) is 36.4 Å². The highest BCUT2D eigenvalue weighted by Crippen LogP contribution is 2.22. The van der Waals surface area contributed by atoms with E-state index in [0.29, 0.717) is 5.96 Å². The van der Waals surface area contributed by atoms with Crippen molar-refractivity contribution in [1.82, 2.24) is 20.5 Å². The van der Waals surface area contributed by atoms with E-state index in [1.165, 1.54) is 22.0 Å². The van der Waals surface area contributed by atoms with E-state index in [0.717, 1.165) is 19.5 Å². The van der Waals surface area contributed by atoms with E-state index in [1.54, 1.807) is 19.0 Å². The third-order valence-corrected chi connectivity index (χ3v) is 3.90. The SMILES string of the molecule is CCNC(=NCC(=O)N(C)C)NCCc1c[nH]c2cccc(C)c12.I. The molecule has 0 saturated heterocycles. The lowest BCUT2D eigenvalue weighted by atomic mass is 10.1. The maximum atomic E-state index is 11.7. The molecule has 0 bridgehead atoms. The van der Waals surface area contributed by atoms with Crippen LogP contribution in [0.25, 0.3) is 10.9 Å². The monoisotopic (exact) mass is 457 g/mol. The van der Waals surface area contributed by atoms with E-state index in [4.69, 9.17) is 0 Å². The molecule has 3 N–H and O–H groups in total. The molecule has 0 aliphatic carbocycles. The van der Waals surface area contributed by atoms with Crippen molar-refractivity contribution >= 4 is 46.7 Å². The molecule has 6 nitrogen and oxygen atoms in total. The lowest BCUT2D eigenvalue weighted by Crippen LogP contribution is -2.39. The Hall–Kier alpha value is -1.77. The minimum atomic E-state index is -0.0144. The van der Waals surface area contributed by atoms with Crippen LogP contribution in [0.15, 0.2) is 29.4 Å². The fourth-order valence-corrected chi connectivity index (χ4v) is 2.59. The van der Waals surface area contributed by atoms with Crippen LogP contribution in [0.1, 0.15) is 18.1 Å². The highest BCUT2D eigenvalue weighted by molar-refractivity contribution is 14.0. The van der Waals surface area contributed by atoms with Crippen LogP contribution in [0.4, 0.5) is 0 Å². The molecule has 0 spiro atoms. The molecule has 0 unspecified atom stereocenters. The van der Waals surface area contributed by atoms with Gasteiger partial charge in [0.25, 0.3) is 0 Å². The molecule has 25 heavy (non-hydrogen) atoms. The number of nitrogens with zero attached hydrogens (tertiary/aromatic N) is 2. The number of benzene rings is 1. The van der Waals surface area contributed by atoms with Crippen molar-refractivity contribution in [2.45, 2.75) is 20.3 Å². The van der Waals surface area contributed by atoms with Gasteiger partial charge in [-0.15, -0.1) is 24.0 Å². The number of hydrogen-bond acceptors (Lipinski definition) is 2. The number of rotatable bonds is 6. The van der Waals surface area contributed by atoms with Crippen molar-refractivity contribution in [1.29, 1.82) is 0 Å². The van der Waals surface area contributed by atoms with Gasteiger partial charge in [-0.3, -0.25) is 4.79 Å². The zero-order valence-corrected chi connectivity index (χ0v) is 17.7. The number of guanidine groups is 1. The number of aryl methyl sites for hydroxylation is 1. The molecule has 1 heterocycles. The second-order valence-electron chi connectivity index (χ2n) is 5.97. The Kier molecular flexibility index (Phi) is 8.74. The summed E-state index contributed by atoms with van der Waals surface area (Å²) < 4.78 is 0. The number of nitrogens with one attached hydrogen (secondary N) is 3. The average Bonchev–Trinajstić information content (AvgIpc) is 2.96. The van der Waals surface area contributed by atoms with Gasteiger partial charge in [0.1, 0.15) is 6.54 Å². The molecule has 0 aliphatic rings. The third-order valence-electron chi connectivity index (χ3n) is 3.90. The molecule has 0 saturated carbocycles. The fraction of sp³-hybridized carbons (Fsp3) is 0.444. The molecule has 0 fully saturated rings. The molecule has 1 aromatic carbocycles. The van der Waals surface area contributed by atoms with Gasteiger partial charge in [-0.2, -0.15) is 0 Å². The molecule has 2 rings (SSSR count). The predicted octanol–water partition coefficient (Wildman–Crippen LogP) is 2.28. The summed E-state index contributed by atoms with van der Waals surface area (Å²) in [5.74, 6) is 0.656. The Bertz CT molecular complexity index is 723. The van der Waals surface area contributed by atoms with Gasteiger partial charge in [0.2, 0.25) is 5.91 Å². The standard InChI is InChI=1S/C18H27N5O.HI/c1-5-19-18(22-12-16(24)23(3)4)20-10-9-14-11-21-15-8-6-7-13(2)17(14)15;/h6-8,11,21H,5,9-10,12H2,1-4H3,(H2,19,20,22);1H.